The van der Waals surface area contributed by atoms with Gasteiger partial charge in [-0.1, -0.05) is 26.0 Å². The van der Waals surface area contributed by atoms with Crippen molar-refractivity contribution in [3.63, 3.8) is 0 Å². The van der Waals surface area contributed by atoms with E-state index in [1.165, 1.54) is 0 Å². The average molecular weight is 274 g/mol. The highest BCUT2D eigenvalue weighted by Crippen LogP contribution is 2.38. The van der Waals surface area contributed by atoms with E-state index in [4.69, 9.17) is 5.73 Å². The third kappa shape index (κ3) is 2.51. The van der Waals surface area contributed by atoms with Crippen molar-refractivity contribution < 1.29 is 10.2 Å². The normalized spacial score (nSPS) is 13.9. The lowest BCUT2D eigenvalue weighted by Gasteiger charge is -2.30. The molecule has 0 heterocycles. The predicted octanol–water partition coefficient (Wildman–Crippen LogP) is 2.17. The number of phenols is 1. The van der Waals surface area contributed by atoms with Gasteiger partial charge in [0.15, 0.2) is 0 Å². The molecule has 0 radical (unpaired) electrons. The molecule has 0 aliphatic heterocycles. The standard InChI is InChI=1S/C11H16BrNO2/c1-11(2,6-14)10(13)7-4-3-5-8(12)9(7)15/h3-5,10,14-15H,6,13H2,1-2H3/t10-/m1/s1. The molecule has 0 aliphatic carbocycles. The van der Waals surface area contributed by atoms with Crippen LogP contribution in [0.4, 0.5) is 0 Å². The molecule has 0 spiro atoms. The first kappa shape index (κ1) is 12.5. The summed E-state index contributed by atoms with van der Waals surface area (Å²) in [4.78, 5) is 0. The minimum Gasteiger partial charge on any atom is -0.506 e. The van der Waals surface area contributed by atoms with Crippen LogP contribution in [0.3, 0.4) is 0 Å². The Balaban J connectivity index is 3.12. The van der Waals surface area contributed by atoms with Gasteiger partial charge in [-0.3, -0.25) is 0 Å². The van der Waals surface area contributed by atoms with E-state index in [9.17, 15) is 10.2 Å². The van der Waals surface area contributed by atoms with Crippen LogP contribution < -0.4 is 5.73 Å². The fourth-order valence-corrected chi connectivity index (χ4v) is 1.68. The zero-order valence-corrected chi connectivity index (χ0v) is 10.5. The summed E-state index contributed by atoms with van der Waals surface area (Å²) in [5.41, 5.74) is 6.19. The summed E-state index contributed by atoms with van der Waals surface area (Å²) in [6.45, 7) is 3.69. The molecule has 15 heavy (non-hydrogen) atoms. The van der Waals surface area contributed by atoms with Crippen LogP contribution in [0, 0.1) is 5.41 Å². The van der Waals surface area contributed by atoms with Crippen molar-refractivity contribution in [2.45, 2.75) is 19.9 Å². The van der Waals surface area contributed by atoms with Crippen LogP contribution in [0.1, 0.15) is 25.5 Å². The second-order valence-electron chi connectivity index (χ2n) is 4.30. The third-order valence-electron chi connectivity index (χ3n) is 2.60. The molecule has 1 aromatic rings. The lowest BCUT2D eigenvalue weighted by atomic mass is 9.81. The zero-order chi connectivity index (χ0) is 11.6. The SMILES string of the molecule is CC(C)(CO)[C@H](N)c1cccc(Br)c1O. The van der Waals surface area contributed by atoms with E-state index < -0.39 is 11.5 Å². The highest BCUT2D eigenvalue weighted by Gasteiger charge is 2.29. The van der Waals surface area contributed by atoms with Gasteiger partial charge < -0.3 is 15.9 Å². The smallest absolute Gasteiger partial charge is 0.134 e. The van der Waals surface area contributed by atoms with Gasteiger partial charge in [0.25, 0.3) is 0 Å². The van der Waals surface area contributed by atoms with Crippen LogP contribution in [0.15, 0.2) is 22.7 Å². The van der Waals surface area contributed by atoms with Gasteiger partial charge in [-0.2, -0.15) is 0 Å². The molecule has 4 N–H and O–H groups in total. The molecule has 1 aromatic carbocycles. The maximum absolute atomic E-state index is 9.82. The van der Waals surface area contributed by atoms with Gasteiger partial charge >= 0.3 is 0 Å². The summed E-state index contributed by atoms with van der Waals surface area (Å²) in [6.07, 6.45) is 0. The number of aliphatic hydroxyl groups excluding tert-OH is 1. The van der Waals surface area contributed by atoms with Gasteiger partial charge in [0.1, 0.15) is 5.75 Å². The molecule has 0 fully saturated rings. The van der Waals surface area contributed by atoms with Crippen LogP contribution in [0.5, 0.6) is 5.75 Å². The minimum atomic E-state index is -0.460. The Morgan fingerprint density at radius 3 is 2.60 bits per heavy atom. The van der Waals surface area contributed by atoms with Gasteiger partial charge in [-0.15, -0.1) is 0 Å². The maximum Gasteiger partial charge on any atom is 0.134 e. The first-order valence-corrected chi connectivity index (χ1v) is 5.53. The summed E-state index contributed by atoms with van der Waals surface area (Å²) < 4.78 is 0.615. The second-order valence-corrected chi connectivity index (χ2v) is 5.16. The van der Waals surface area contributed by atoms with Gasteiger partial charge in [0.05, 0.1) is 4.47 Å². The van der Waals surface area contributed by atoms with Crippen LogP contribution >= 0.6 is 15.9 Å². The van der Waals surface area contributed by atoms with E-state index >= 15 is 0 Å². The first-order valence-electron chi connectivity index (χ1n) is 4.74. The number of rotatable bonds is 3. The summed E-state index contributed by atoms with van der Waals surface area (Å²) in [6, 6.07) is 4.92. The summed E-state index contributed by atoms with van der Waals surface area (Å²) in [5, 5.41) is 19.0. The Morgan fingerprint density at radius 2 is 2.07 bits per heavy atom. The highest BCUT2D eigenvalue weighted by atomic mass is 79.9. The maximum atomic E-state index is 9.82. The Bertz CT molecular complexity index is 352. The quantitative estimate of drug-likeness (QED) is 0.791. The Hall–Kier alpha value is -0.580. The van der Waals surface area contributed by atoms with E-state index in [1.807, 2.05) is 19.9 Å². The molecular weight excluding hydrogens is 258 g/mol. The van der Waals surface area contributed by atoms with Crippen LogP contribution in [-0.4, -0.2) is 16.8 Å². The summed E-state index contributed by atoms with van der Waals surface area (Å²) >= 11 is 3.23. The minimum absolute atomic E-state index is 0.0277. The molecule has 0 amide bonds. The Morgan fingerprint density at radius 1 is 1.47 bits per heavy atom. The molecule has 0 saturated carbocycles. The van der Waals surface area contributed by atoms with E-state index in [2.05, 4.69) is 15.9 Å². The molecule has 0 unspecified atom stereocenters. The number of aliphatic hydroxyl groups is 1. The largest absolute Gasteiger partial charge is 0.506 e. The number of nitrogens with two attached hydrogens (primary N) is 1. The number of phenolic OH excluding ortho intramolecular Hbond substituents is 1. The predicted molar refractivity (Wildman–Crippen MR) is 63.6 cm³/mol. The molecule has 0 bridgehead atoms. The van der Waals surface area contributed by atoms with Crippen molar-refractivity contribution in [3.05, 3.63) is 28.2 Å². The van der Waals surface area contributed by atoms with Crippen molar-refractivity contribution >= 4 is 15.9 Å². The molecule has 0 aromatic heterocycles. The number of para-hydroxylation sites is 1. The van der Waals surface area contributed by atoms with E-state index in [1.54, 1.807) is 12.1 Å². The van der Waals surface area contributed by atoms with Crippen LogP contribution in [0.2, 0.25) is 0 Å². The number of benzene rings is 1. The van der Waals surface area contributed by atoms with Crippen molar-refractivity contribution in [2.24, 2.45) is 11.1 Å². The van der Waals surface area contributed by atoms with Gasteiger partial charge in [0, 0.05) is 23.6 Å². The number of hydrogen-bond acceptors (Lipinski definition) is 3. The van der Waals surface area contributed by atoms with Crippen LogP contribution in [-0.2, 0) is 0 Å². The van der Waals surface area contributed by atoms with Gasteiger partial charge in [-0.25, -0.2) is 0 Å². The van der Waals surface area contributed by atoms with E-state index in [0.29, 0.717) is 10.0 Å². The number of halogens is 1. The van der Waals surface area contributed by atoms with Crippen molar-refractivity contribution in [2.75, 3.05) is 6.61 Å². The second kappa shape index (κ2) is 4.51. The van der Waals surface area contributed by atoms with Crippen LogP contribution in [0.25, 0.3) is 0 Å². The van der Waals surface area contributed by atoms with Gasteiger partial charge in [0.2, 0.25) is 0 Å². The molecular formula is C11H16BrNO2. The summed E-state index contributed by atoms with van der Waals surface area (Å²) in [7, 11) is 0. The van der Waals surface area contributed by atoms with Crippen molar-refractivity contribution in [1.82, 2.24) is 0 Å². The number of hydrogen-bond donors (Lipinski definition) is 3. The number of aromatic hydroxyl groups is 1. The monoisotopic (exact) mass is 273 g/mol. The summed E-state index contributed by atoms with van der Waals surface area (Å²) in [5.74, 6) is 0.145. The molecule has 4 heteroatoms. The highest BCUT2D eigenvalue weighted by molar-refractivity contribution is 9.10. The van der Waals surface area contributed by atoms with E-state index in [-0.39, 0.29) is 12.4 Å². The van der Waals surface area contributed by atoms with Gasteiger partial charge in [-0.05, 0) is 22.0 Å². The van der Waals surface area contributed by atoms with Crippen molar-refractivity contribution in [3.8, 4) is 5.75 Å². The van der Waals surface area contributed by atoms with E-state index in [0.717, 1.165) is 0 Å². The molecule has 1 rings (SSSR count). The molecule has 1 atom stereocenters. The van der Waals surface area contributed by atoms with Crippen molar-refractivity contribution in [1.29, 1.82) is 0 Å². The topological polar surface area (TPSA) is 66.5 Å². The lowest BCUT2D eigenvalue weighted by molar-refractivity contribution is 0.131. The third-order valence-corrected chi connectivity index (χ3v) is 3.24. The lowest BCUT2D eigenvalue weighted by Crippen LogP contribution is -2.32. The average Bonchev–Trinajstić information content (AvgIpc) is 2.21. The molecule has 0 saturated heterocycles. The molecule has 3 nitrogen and oxygen atoms in total. The zero-order valence-electron chi connectivity index (χ0n) is 8.87. The first-order chi connectivity index (χ1) is 6.90. The molecule has 84 valence electrons. The molecule has 0 aliphatic rings. The fraction of sp³-hybridized carbons (Fsp3) is 0.455. The Labute approximate surface area is 98.1 Å². The Kier molecular flexibility index (Phi) is 3.76. The fourth-order valence-electron chi connectivity index (χ4n) is 1.30.